The molecule has 0 fully saturated rings. The Balaban J connectivity index is 1.45. The van der Waals surface area contributed by atoms with Gasteiger partial charge in [-0.15, -0.1) is 0 Å². The Bertz CT molecular complexity index is 1440. The Kier molecular flexibility index (Phi) is 12.0. The van der Waals surface area contributed by atoms with Crippen molar-refractivity contribution >= 4 is 11.9 Å². The fourth-order valence-corrected chi connectivity index (χ4v) is 5.00. The summed E-state index contributed by atoms with van der Waals surface area (Å²) in [4.78, 5) is 24.5. The third-order valence-corrected chi connectivity index (χ3v) is 7.42. The molecule has 0 aliphatic rings. The second-order valence-electron chi connectivity index (χ2n) is 10.7. The molecule has 43 heavy (non-hydrogen) atoms. The molecule has 0 bridgehead atoms. The lowest BCUT2D eigenvalue weighted by Crippen LogP contribution is -2.30. The highest BCUT2D eigenvalue weighted by Crippen LogP contribution is 2.24. The minimum Gasteiger partial charge on any atom is -0.481 e. The molecule has 0 saturated heterocycles. The van der Waals surface area contributed by atoms with Gasteiger partial charge in [-0.2, -0.15) is 0 Å². The minimum absolute atomic E-state index is 0.0976. The van der Waals surface area contributed by atoms with Crippen LogP contribution in [0.3, 0.4) is 0 Å². The van der Waals surface area contributed by atoms with E-state index in [4.69, 9.17) is 9.84 Å². The van der Waals surface area contributed by atoms with Crippen LogP contribution in [0, 0.1) is 5.82 Å². The van der Waals surface area contributed by atoms with E-state index in [9.17, 15) is 14.7 Å². The normalized spacial score (nSPS) is 11.9. The largest absolute Gasteiger partial charge is 0.481 e. The van der Waals surface area contributed by atoms with Crippen molar-refractivity contribution in [1.82, 2.24) is 4.90 Å². The van der Waals surface area contributed by atoms with Gasteiger partial charge >= 0.3 is 11.9 Å². The Labute approximate surface area is 252 Å². The van der Waals surface area contributed by atoms with Crippen LogP contribution >= 0.6 is 0 Å². The van der Waals surface area contributed by atoms with Crippen molar-refractivity contribution in [3.05, 3.63) is 142 Å². The van der Waals surface area contributed by atoms with Gasteiger partial charge in [0.05, 0.1) is 18.3 Å². The molecular weight excluding hydrogens is 545 g/mol. The van der Waals surface area contributed by atoms with Gasteiger partial charge in [0.1, 0.15) is 5.82 Å². The lowest BCUT2D eigenvalue weighted by atomic mass is 10.0. The first kappa shape index (κ1) is 31.6. The number of aromatic carboxylic acids is 1. The molecule has 0 spiro atoms. The molecule has 0 saturated carbocycles. The van der Waals surface area contributed by atoms with Gasteiger partial charge in [0, 0.05) is 25.1 Å². The maximum absolute atomic E-state index is 15.2. The number of ether oxygens (including phenoxy) is 1. The van der Waals surface area contributed by atoms with Gasteiger partial charge in [-0.25, -0.2) is 9.18 Å². The van der Waals surface area contributed by atoms with E-state index in [1.807, 2.05) is 54.6 Å². The first-order chi connectivity index (χ1) is 20.9. The second-order valence-corrected chi connectivity index (χ2v) is 10.7. The van der Waals surface area contributed by atoms with Crippen molar-refractivity contribution < 1.29 is 28.9 Å². The summed E-state index contributed by atoms with van der Waals surface area (Å²) in [5.41, 5.74) is 4.75. The van der Waals surface area contributed by atoms with Crippen molar-refractivity contribution in [2.45, 2.75) is 51.4 Å². The average molecular weight is 584 g/mol. The first-order valence-corrected chi connectivity index (χ1v) is 14.6. The van der Waals surface area contributed by atoms with Crippen LogP contribution in [0.1, 0.15) is 63.5 Å². The summed E-state index contributed by atoms with van der Waals surface area (Å²) < 4.78 is 21.5. The fraction of sp³-hybridized carbons (Fsp3) is 0.278. The molecule has 4 rings (SSSR count). The monoisotopic (exact) mass is 583 g/mol. The number of hydrogen-bond acceptors (Lipinski definition) is 4. The number of nitrogens with zero attached hydrogens (tertiary/aromatic N) is 1. The predicted octanol–water partition coefficient (Wildman–Crippen LogP) is 7.32. The number of carboxylic acids is 2. The molecule has 224 valence electrons. The van der Waals surface area contributed by atoms with E-state index in [1.165, 1.54) is 5.56 Å². The van der Waals surface area contributed by atoms with Gasteiger partial charge < -0.3 is 14.9 Å². The summed E-state index contributed by atoms with van der Waals surface area (Å²) >= 11 is 0. The van der Waals surface area contributed by atoms with Crippen LogP contribution in [0.4, 0.5) is 4.39 Å². The highest BCUT2D eigenvalue weighted by molar-refractivity contribution is 5.87. The molecule has 0 aliphatic heterocycles. The van der Waals surface area contributed by atoms with E-state index < -0.39 is 11.9 Å². The summed E-state index contributed by atoms with van der Waals surface area (Å²) in [5, 5.41) is 18.3. The highest BCUT2D eigenvalue weighted by atomic mass is 19.1. The Morgan fingerprint density at radius 3 is 2.07 bits per heavy atom. The quantitative estimate of drug-likeness (QED) is 0.127. The Hall–Kier alpha value is -4.33. The van der Waals surface area contributed by atoms with Gasteiger partial charge in [-0.3, -0.25) is 9.69 Å². The highest BCUT2D eigenvalue weighted by Gasteiger charge is 2.19. The number of carbonyl (C=O) groups is 2. The van der Waals surface area contributed by atoms with Gasteiger partial charge in [0.25, 0.3) is 0 Å². The topological polar surface area (TPSA) is 87.1 Å². The molecule has 4 aromatic carbocycles. The van der Waals surface area contributed by atoms with Crippen LogP contribution in [0.5, 0.6) is 0 Å². The molecule has 0 unspecified atom stereocenters. The number of aryl methyl sites for hydroxylation is 2. The molecule has 0 heterocycles. The number of rotatable bonds is 17. The molecule has 0 aliphatic carbocycles. The second kappa shape index (κ2) is 16.3. The first-order valence-electron chi connectivity index (χ1n) is 14.6. The zero-order valence-electron chi connectivity index (χ0n) is 24.2. The SMILES string of the molecule is O=C(O)CCCCN(Cc1ccc(C(=O)O)cc1)C[C@H](OCc1ccc(CCc2ccccc2)cc1F)c1ccccc1. The van der Waals surface area contributed by atoms with Gasteiger partial charge in [-0.05, 0) is 72.7 Å². The van der Waals surface area contributed by atoms with Crippen molar-refractivity contribution in [2.24, 2.45) is 0 Å². The molecule has 2 N–H and O–H groups in total. The summed E-state index contributed by atoms with van der Waals surface area (Å²) in [6.45, 7) is 1.76. The molecule has 0 aromatic heterocycles. The zero-order chi connectivity index (χ0) is 30.4. The third-order valence-electron chi connectivity index (χ3n) is 7.42. The third kappa shape index (κ3) is 10.5. The van der Waals surface area contributed by atoms with Crippen molar-refractivity contribution in [3.63, 3.8) is 0 Å². The van der Waals surface area contributed by atoms with E-state index in [-0.39, 0.29) is 30.5 Å². The lowest BCUT2D eigenvalue weighted by Gasteiger charge is -2.28. The molecular formula is C36H38FNO5. The number of unbranched alkanes of at least 4 members (excludes halogenated alkanes) is 1. The van der Waals surface area contributed by atoms with Crippen LogP contribution in [0.25, 0.3) is 0 Å². The molecule has 4 aromatic rings. The molecule has 6 nitrogen and oxygen atoms in total. The number of carboxylic acid groups (broad SMARTS) is 2. The van der Waals surface area contributed by atoms with E-state index >= 15 is 4.39 Å². The van der Waals surface area contributed by atoms with Gasteiger partial charge in [0.2, 0.25) is 0 Å². The summed E-state index contributed by atoms with van der Waals surface area (Å²) in [6, 6.07) is 32.0. The smallest absolute Gasteiger partial charge is 0.335 e. The van der Waals surface area contributed by atoms with E-state index in [2.05, 4.69) is 17.0 Å². The fourth-order valence-electron chi connectivity index (χ4n) is 5.00. The summed E-state index contributed by atoms with van der Waals surface area (Å²) in [7, 11) is 0. The molecule has 0 radical (unpaired) electrons. The number of aliphatic carboxylic acids is 1. The van der Waals surface area contributed by atoms with Crippen molar-refractivity contribution in [1.29, 1.82) is 0 Å². The standard InChI is InChI=1S/C36H38FNO5/c37-33-23-28(15-14-27-9-3-1-4-10-27)16-21-32(33)26-43-34(30-11-5-2-6-12-30)25-38(22-8-7-13-35(39)40)24-29-17-19-31(20-18-29)36(41)42/h1-6,9-12,16-21,23,34H,7-8,13-15,22,24-26H2,(H,39,40)(H,41,42)/t34-/m0/s1. The Morgan fingerprint density at radius 1 is 0.767 bits per heavy atom. The van der Waals surface area contributed by atoms with Crippen molar-refractivity contribution in [2.75, 3.05) is 13.1 Å². The number of halogens is 1. The van der Waals surface area contributed by atoms with Gasteiger partial charge in [0.15, 0.2) is 0 Å². The zero-order valence-corrected chi connectivity index (χ0v) is 24.2. The van der Waals surface area contributed by atoms with Crippen LogP contribution in [-0.4, -0.2) is 40.1 Å². The van der Waals surface area contributed by atoms with Crippen molar-refractivity contribution in [3.8, 4) is 0 Å². The average Bonchev–Trinajstić information content (AvgIpc) is 3.02. The number of hydrogen-bond donors (Lipinski definition) is 2. The predicted molar refractivity (Wildman–Crippen MR) is 164 cm³/mol. The summed E-state index contributed by atoms with van der Waals surface area (Å²) in [6.07, 6.45) is 2.55. The number of benzene rings is 4. The van der Waals surface area contributed by atoms with Crippen LogP contribution in [0.2, 0.25) is 0 Å². The van der Waals surface area contributed by atoms with E-state index in [0.29, 0.717) is 38.0 Å². The molecule has 7 heteroatoms. The van der Waals surface area contributed by atoms with Gasteiger partial charge in [-0.1, -0.05) is 84.9 Å². The summed E-state index contributed by atoms with van der Waals surface area (Å²) in [5.74, 6) is -2.10. The van der Waals surface area contributed by atoms with E-state index in [1.54, 1.807) is 36.4 Å². The lowest BCUT2D eigenvalue weighted by molar-refractivity contribution is -0.137. The van der Waals surface area contributed by atoms with Crippen LogP contribution in [0.15, 0.2) is 103 Å². The molecule has 1 atom stereocenters. The molecule has 0 amide bonds. The Morgan fingerprint density at radius 2 is 1.42 bits per heavy atom. The maximum atomic E-state index is 15.2. The van der Waals surface area contributed by atoms with E-state index in [0.717, 1.165) is 29.5 Å². The van der Waals surface area contributed by atoms with Crippen LogP contribution in [-0.2, 0) is 35.5 Å². The maximum Gasteiger partial charge on any atom is 0.335 e. The van der Waals surface area contributed by atoms with Crippen LogP contribution < -0.4 is 0 Å². The minimum atomic E-state index is -0.980.